The molecule has 1 aliphatic heterocycles. The highest BCUT2D eigenvalue weighted by Crippen LogP contribution is 2.46. The maximum absolute atomic E-state index is 12.5. The molecule has 1 saturated carbocycles. The van der Waals surface area contributed by atoms with Gasteiger partial charge in [-0.15, -0.1) is 11.3 Å². The number of rotatable bonds is 1. The fourth-order valence-electron chi connectivity index (χ4n) is 3.63. The van der Waals surface area contributed by atoms with Crippen LogP contribution in [0.1, 0.15) is 53.8 Å². The van der Waals surface area contributed by atoms with E-state index in [0.717, 1.165) is 23.5 Å². The van der Waals surface area contributed by atoms with Crippen LogP contribution in [0.25, 0.3) is 0 Å². The number of aliphatic hydroxyl groups excluding tert-OH is 1. The minimum atomic E-state index is -0.143. The van der Waals surface area contributed by atoms with E-state index >= 15 is 0 Å². The molecule has 0 atom stereocenters. The van der Waals surface area contributed by atoms with Crippen LogP contribution in [-0.4, -0.2) is 35.6 Å². The van der Waals surface area contributed by atoms with Gasteiger partial charge in [0.15, 0.2) is 0 Å². The van der Waals surface area contributed by atoms with Crippen LogP contribution in [0, 0.1) is 17.3 Å². The van der Waals surface area contributed by atoms with Gasteiger partial charge in [0, 0.05) is 18.5 Å². The Hall–Kier alpha value is -1.31. The van der Waals surface area contributed by atoms with Gasteiger partial charge < -0.3 is 10.0 Å². The normalized spacial score (nSPS) is 20.3. The minimum Gasteiger partial charge on any atom is -0.384 e. The van der Waals surface area contributed by atoms with Crippen molar-refractivity contribution in [3.63, 3.8) is 0 Å². The number of hydrogen-bond acceptors (Lipinski definition) is 3. The Morgan fingerprint density at radius 3 is 2.67 bits per heavy atom. The second-order valence-corrected chi connectivity index (χ2v) is 7.07. The Morgan fingerprint density at radius 1 is 1.29 bits per heavy atom. The van der Waals surface area contributed by atoms with Crippen LogP contribution in [0.5, 0.6) is 0 Å². The molecule has 3 rings (SSSR count). The average Bonchev–Trinajstić information content (AvgIpc) is 3.15. The van der Waals surface area contributed by atoms with Gasteiger partial charge in [-0.3, -0.25) is 4.79 Å². The molecule has 2 heterocycles. The molecule has 0 aromatic carbocycles. The molecule has 1 aliphatic carbocycles. The van der Waals surface area contributed by atoms with Crippen molar-refractivity contribution in [2.45, 2.75) is 38.5 Å². The predicted octanol–water partition coefficient (Wildman–Crippen LogP) is 2.89. The highest BCUT2D eigenvalue weighted by atomic mass is 32.1. The first kappa shape index (κ1) is 14.6. The third kappa shape index (κ3) is 3.14. The molecule has 1 amide bonds. The lowest BCUT2D eigenvalue weighted by Crippen LogP contribution is -2.42. The van der Waals surface area contributed by atoms with Crippen LogP contribution in [-0.2, 0) is 0 Å². The van der Waals surface area contributed by atoms with E-state index in [0.29, 0.717) is 5.41 Å². The standard InChI is InChI=1S/C17H21NO2S/c19-11-3-4-15-12-14(13-21-15)16(20)18-9-7-17(8-10-18)5-1-2-6-17/h12-13,19H,1-2,5-11H2. The van der Waals surface area contributed by atoms with Crippen LogP contribution < -0.4 is 0 Å². The number of amides is 1. The van der Waals surface area contributed by atoms with E-state index in [9.17, 15) is 4.79 Å². The number of hydrogen-bond donors (Lipinski definition) is 1. The summed E-state index contributed by atoms with van der Waals surface area (Å²) in [5.41, 5.74) is 1.29. The summed E-state index contributed by atoms with van der Waals surface area (Å²) in [4.78, 5) is 15.4. The van der Waals surface area contributed by atoms with Crippen LogP contribution in [0.2, 0.25) is 0 Å². The average molecular weight is 303 g/mol. The predicted molar refractivity (Wildman–Crippen MR) is 84.3 cm³/mol. The SMILES string of the molecule is O=C(c1csc(C#CCO)c1)N1CCC2(CCCC2)CC1. The second-order valence-electron chi connectivity index (χ2n) is 6.16. The summed E-state index contributed by atoms with van der Waals surface area (Å²) >= 11 is 1.47. The zero-order chi connectivity index (χ0) is 14.7. The van der Waals surface area contributed by atoms with Gasteiger partial charge in [0.2, 0.25) is 0 Å². The maximum atomic E-state index is 12.5. The molecule has 4 heteroatoms. The first-order valence-corrected chi connectivity index (χ1v) is 8.58. The molecule has 0 radical (unpaired) electrons. The monoisotopic (exact) mass is 303 g/mol. The van der Waals surface area contributed by atoms with Gasteiger partial charge >= 0.3 is 0 Å². The van der Waals surface area contributed by atoms with E-state index in [-0.39, 0.29) is 12.5 Å². The van der Waals surface area contributed by atoms with Gasteiger partial charge in [0.05, 0.1) is 10.4 Å². The van der Waals surface area contributed by atoms with E-state index in [1.54, 1.807) is 0 Å². The summed E-state index contributed by atoms with van der Waals surface area (Å²) in [7, 11) is 0. The first-order chi connectivity index (χ1) is 10.2. The van der Waals surface area contributed by atoms with Crippen LogP contribution >= 0.6 is 11.3 Å². The van der Waals surface area contributed by atoms with Crippen LogP contribution in [0.15, 0.2) is 11.4 Å². The van der Waals surface area contributed by atoms with E-state index in [2.05, 4.69) is 11.8 Å². The van der Waals surface area contributed by atoms with Crippen molar-refractivity contribution in [1.29, 1.82) is 0 Å². The van der Waals surface area contributed by atoms with Gasteiger partial charge in [-0.2, -0.15) is 0 Å². The van der Waals surface area contributed by atoms with Gasteiger partial charge in [-0.1, -0.05) is 24.7 Å². The molecule has 1 saturated heterocycles. The number of aliphatic hydroxyl groups is 1. The van der Waals surface area contributed by atoms with Crippen LogP contribution in [0.3, 0.4) is 0 Å². The fourth-order valence-corrected chi connectivity index (χ4v) is 4.38. The zero-order valence-corrected chi connectivity index (χ0v) is 13.0. The summed E-state index contributed by atoms with van der Waals surface area (Å²) in [6.07, 6.45) is 7.78. The molecule has 1 N–H and O–H groups in total. The lowest BCUT2D eigenvalue weighted by molar-refractivity contribution is 0.0588. The smallest absolute Gasteiger partial charge is 0.254 e. The third-order valence-corrected chi connectivity index (χ3v) is 5.76. The highest BCUT2D eigenvalue weighted by Gasteiger charge is 2.38. The second kappa shape index (κ2) is 6.21. The van der Waals surface area contributed by atoms with Gasteiger partial charge in [0.25, 0.3) is 5.91 Å². The summed E-state index contributed by atoms with van der Waals surface area (Å²) < 4.78 is 0. The Morgan fingerprint density at radius 2 is 2.00 bits per heavy atom. The molecule has 1 spiro atoms. The number of nitrogens with zero attached hydrogens (tertiary/aromatic N) is 1. The van der Waals surface area contributed by atoms with Crippen molar-refractivity contribution in [3.05, 3.63) is 21.9 Å². The molecule has 112 valence electrons. The third-order valence-electron chi connectivity index (χ3n) is 4.91. The van der Waals surface area contributed by atoms with Crippen molar-refractivity contribution >= 4 is 17.2 Å². The molecule has 0 bridgehead atoms. The first-order valence-electron chi connectivity index (χ1n) is 7.70. The van der Waals surface area contributed by atoms with Crippen molar-refractivity contribution in [3.8, 4) is 11.8 Å². The summed E-state index contributed by atoms with van der Waals surface area (Å²) in [5.74, 6) is 5.62. The van der Waals surface area contributed by atoms with E-state index in [1.807, 2.05) is 16.3 Å². The molecule has 2 aliphatic rings. The van der Waals surface area contributed by atoms with E-state index in [4.69, 9.17) is 5.11 Å². The van der Waals surface area contributed by atoms with Crippen LogP contribution in [0.4, 0.5) is 0 Å². The number of thiophene rings is 1. The Balaban J connectivity index is 1.62. The minimum absolute atomic E-state index is 0.135. The van der Waals surface area contributed by atoms with E-state index < -0.39 is 0 Å². The van der Waals surface area contributed by atoms with Gasteiger partial charge in [-0.25, -0.2) is 0 Å². The number of carbonyl (C=O) groups excluding carboxylic acids is 1. The quantitative estimate of drug-likeness (QED) is 0.810. The van der Waals surface area contributed by atoms with Crippen molar-refractivity contribution in [2.75, 3.05) is 19.7 Å². The van der Waals surface area contributed by atoms with Crippen molar-refractivity contribution in [2.24, 2.45) is 5.41 Å². The molecule has 1 aromatic rings. The highest BCUT2D eigenvalue weighted by molar-refractivity contribution is 7.10. The van der Waals surface area contributed by atoms with E-state index in [1.165, 1.54) is 49.9 Å². The zero-order valence-electron chi connectivity index (χ0n) is 12.2. The lowest BCUT2D eigenvalue weighted by atomic mass is 9.77. The molecule has 0 unspecified atom stereocenters. The fraction of sp³-hybridized carbons (Fsp3) is 0.588. The van der Waals surface area contributed by atoms with Crippen molar-refractivity contribution in [1.82, 2.24) is 4.90 Å². The topological polar surface area (TPSA) is 40.5 Å². The molecule has 21 heavy (non-hydrogen) atoms. The Bertz CT molecular complexity index is 565. The maximum Gasteiger partial charge on any atom is 0.254 e. The summed E-state index contributed by atoms with van der Waals surface area (Å²) in [6, 6.07) is 1.84. The Kier molecular flexibility index (Phi) is 4.32. The summed E-state index contributed by atoms with van der Waals surface area (Å²) in [5, 5.41) is 10.6. The molecule has 1 aromatic heterocycles. The largest absolute Gasteiger partial charge is 0.384 e. The molecular weight excluding hydrogens is 282 g/mol. The summed E-state index contributed by atoms with van der Waals surface area (Å²) in [6.45, 7) is 1.65. The lowest BCUT2D eigenvalue weighted by Gasteiger charge is -2.39. The molecule has 3 nitrogen and oxygen atoms in total. The van der Waals surface area contributed by atoms with Crippen molar-refractivity contribution < 1.29 is 9.90 Å². The van der Waals surface area contributed by atoms with Gasteiger partial charge in [-0.05, 0) is 37.2 Å². The molecule has 2 fully saturated rings. The number of carbonyl (C=O) groups is 1. The van der Waals surface area contributed by atoms with Gasteiger partial charge in [0.1, 0.15) is 6.61 Å². The Labute approximate surface area is 130 Å². The number of piperidine rings is 1. The molecular formula is C17H21NO2S. The number of likely N-dealkylation sites (tertiary alicyclic amines) is 1.